The van der Waals surface area contributed by atoms with Crippen LogP contribution in [0, 0.1) is 21.8 Å². The number of nitrogens with one attached hydrogen (secondary N) is 1. The summed E-state index contributed by atoms with van der Waals surface area (Å²) < 4.78 is 17.0. The molecule has 1 N–H and O–H groups in total. The van der Waals surface area contributed by atoms with Crippen LogP contribution in [0.5, 0.6) is 11.5 Å². The molecule has 2 aromatic carbocycles. The van der Waals surface area contributed by atoms with Crippen LogP contribution in [0.25, 0.3) is 22.7 Å². The highest BCUT2D eigenvalue weighted by atomic mass is 127. The molecule has 0 aliphatic rings. The number of halogens is 1. The molecule has 160 valence electrons. The quantitative estimate of drug-likeness (QED) is 0.253. The van der Waals surface area contributed by atoms with Crippen molar-refractivity contribution in [2.24, 2.45) is 0 Å². The maximum Gasteiger partial charge on any atom is 0.344 e. The van der Waals surface area contributed by atoms with E-state index in [0.717, 1.165) is 25.7 Å². The molecule has 0 radical (unpaired) electrons. The molecule has 0 amide bonds. The Balaban J connectivity index is 1.95. The van der Waals surface area contributed by atoms with Gasteiger partial charge in [-0.05, 0) is 84.8 Å². The Morgan fingerprint density at radius 2 is 2.03 bits per heavy atom. The highest BCUT2D eigenvalue weighted by Gasteiger charge is 2.15. The van der Waals surface area contributed by atoms with Gasteiger partial charge in [0, 0.05) is 0 Å². The summed E-state index contributed by atoms with van der Waals surface area (Å²) in [6, 6.07) is 11.7. The van der Waals surface area contributed by atoms with E-state index in [2.05, 4.69) is 38.6 Å². The lowest BCUT2D eigenvalue weighted by Gasteiger charge is -2.14. The summed E-state index contributed by atoms with van der Waals surface area (Å²) in [6.07, 6.45) is 1.74. The summed E-state index contributed by atoms with van der Waals surface area (Å²) >= 11 is 2.12. The summed E-state index contributed by atoms with van der Waals surface area (Å²) in [5, 5.41) is 9.73. The molecular formula is C23H22IN3O4. The molecule has 3 aromatic rings. The molecule has 0 aliphatic carbocycles. The number of ether oxygens (including phenoxy) is 3. The zero-order valence-electron chi connectivity index (χ0n) is 17.5. The van der Waals surface area contributed by atoms with Gasteiger partial charge in [-0.15, -0.1) is 0 Å². The number of hydrogen-bond acceptors (Lipinski definition) is 6. The van der Waals surface area contributed by atoms with Crippen LogP contribution in [0.2, 0.25) is 0 Å². The van der Waals surface area contributed by atoms with Crippen LogP contribution in [0.4, 0.5) is 0 Å². The van der Waals surface area contributed by atoms with Gasteiger partial charge in [-0.2, -0.15) is 5.26 Å². The third kappa shape index (κ3) is 5.55. The zero-order valence-corrected chi connectivity index (χ0v) is 19.6. The summed E-state index contributed by atoms with van der Waals surface area (Å²) in [6.45, 7) is 6.11. The monoisotopic (exact) mass is 531 g/mol. The Morgan fingerprint density at radius 3 is 2.74 bits per heavy atom. The smallest absolute Gasteiger partial charge is 0.344 e. The van der Waals surface area contributed by atoms with Gasteiger partial charge in [-0.25, -0.2) is 9.78 Å². The van der Waals surface area contributed by atoms with Crippen LogP contribution in [0.1, 0.15) is 30.8 Å². The minimum Gasteiger partial charge on any atom is -0.490 e. The van der Waals surface area contributed by atoms with Crippen LogP contribution >= 0.6 is 22.6 Å². The number of rotatable bonds is 8. The van der Waals surface area contributed by atoms with Crippen LogP contribution in [-0.4, -0.2) is 35.8 Å². The molecular weight excluding hydrogens is 509 g/mol. The molecule has 0 bridgehead atoms. The Bertz CT molecular complexity index is 1180. The van der Waals surface area contributed by atoms with E-state index >= 15 is 0 Å². The van der Waals surface area contributed by atoms with Crippen molar-refractivity contribution >= 4 is 51.2 Å². The second kappa shape index (κ2) is 10.3. The van der Waals surface area contributed by atoms with Gasteiger partial charge in [0.05, 0.1) is 33.4 Å². The molecule has 3 rings (SSSR count). The van der Waals surface area contributed by atoms with Crippen molar-refractivity contribution in [2.45, 2.75) is 20.8 Å². The van der Waals surface area contributed by atoms with Crippen molar-refractivity contribution in [3.05, 3.63) is 50.9 Å². The number of imidazole rings is 1. The van der Waals surface area contributed by atoms with Gasteiger partial charge in [-0.3, -0.25) is 0 Å². The van der Waals surface area contributed by atoms with Gasteiger partial charge in [0.1, 0.15) is 11.9 Å². The summed E-state index contributed by atoms with van der Waals surface area (Å²) in [5.74, 6) is 1.00. The Morgan fingerprint density at radius 1 is 1.23 bits per heavy atom. The molecule has 0 saturated carbocycles. The number of carbonyl (C=O) groups excluding carboxylic acids is 1. The van der Waals surface area contributed by atoms with Crippen molar-refractivity contribution in [3.63, 3.8) is 0 Å². The SMILES string of the molecule is CCOC(=O)COc1c(I)cc(/C=C(/C#N)c2nc3ccc(C)cc3[nH]2)cc1OCC. The highest BCUT2D eigenvalue weighted by molar-refractivity contribution is 14.1. The number of aromatic amines is 1. The first-order valence-electron chi connectivity index (χ1n) is 9.78. The summed E-state index contributed by atoms with van der Waals surface area (Å²) in [5.41, 5.74) is 3.94. The van der Waals surface area contributed by atoms with Crippen molar-refractivity contribution < 1.29 is 19.0 Å². The number of allylic oxidation sites excluding steroid dienone is 1. The molecule has 0 fully saturated rings. The van der Waals surface area contributed by atoms with E-state index in [1.807, 2.05) is 38.1 Å². The largest absolute Gasteiger partial charge is 0.490 e. The summed E-state index contributed by atoms with van der Waals surface area (Å²) in [7, 11) is 0. The minimum atomic E-state index is -0.448. The van der Waals surface area contributed by atoms with Gasteiger partial charge in [0.15, 0.2) is 18.1 Å². The predicted molar refractivity (Wildman–Crippen MR) is 127 cm³/mol. The Labute approximate surface area is 194 Å². The van der Waals surface area contributed by atoms with Crippen LogP contribution in [-0.2, 0) is 9.53 Å². The Hall–Kier alpha value is -3.06. The van der Waals surface area contributed by atoms with E-state index in [4.69, 9.17) is 14.2 Å². The second-order valence-electron chi connectivity index (χ2n) is 6.63. The fourth-order valence-corrected chi connectivity index (χ4v) is 3.76. The first-order valence-corrected chi connectivity index (χ1v) is 10.9. The third-order valence-electron chi connectivity index (χ3n) is 4.30. The highest BCUT2D eigenvalue weighted by Crippen LogP contribution is 2.35. The first-order chi connectivity index (χ1) is 14.9. The standard InChI is InChI=1S/C23H22IN3O4/c1-4-29-20-11-15(10-17(24)22(20)31-13-21(28)30-5-2)9-16(12-25)23-26-18-7-6-14(3)8-19(18)27-23/h6-11H,4-5,13H2,1-3H3,(H,26,27)/b16-9-. The lowest BCUT2D eigenvalue weighted by atomic mass is 10.1. The Kier molecular flexibility index (Phi) is 7.52. The number of H-pyrrole nitrogens is 1. The molecule has 31 heavy (non-hydrogen) atoms. The van der Waals surface area contributed by atoms with Crippen molar-refractivity contribution in [3.8, 4) is 17.6 Å². The number of aromatic nitrogens is 2. The number of carbonyl (C=O) groups is 1. The second-order valence-corrected chi connectivity index (χ2v) is 7.79. The first kappa shape index (κ1) is 22.6. The predicted octanol–water partition coefficient (Wildman–Crippen LogP) is 4.88. The van der Waals surface area contributed by atoms with Crippen molar-refractivity contribution in [2.75, 3.05) is 19.8 Å². The van der Waals surface area contributed by atoms with Crippen molar-refractivity contribution in [1.29, 1.82) is 5.26 Å². The van der Waals surface area contributed by atoms with Gasteiger partial charge < -0.3 is 19.2 Å². The van der Waals surface area contributed by atoms with E-state index < -0.39 is 5.97 Å². The minimum absolute atomic E-state index is 0.207. The number of esters is 1. The maximum atomic E-state index is 11.7. The summed E-state index contributed by atoms with van der Waals surface area (Å²) in [4.78, 5) is 19.4. The zero-order chi connectivity index (χ0) is 22.4. The van der Waals surface area contributed by atoms with Crippen LogP contribution in [0.15, 0.2) is 30.3 Å². The molecule has 7 nitrogen and oxygen atoms in total. The van der Waals surface area contributed by atoms with E-state index in [9.17, 15) is 10.1 Å². The normalized spacial score (nSPS) is 11.3. The maximum absolute atomic E-state index is 11.7. The molecule has 0 aliphatic heterocycles. The molecule has 0 atom stereocenters. The van der Waals surface area contributed by atoms with Crippen molar-refractivity contribution in [1.82, 2.24) is 9.97 Å². The fraction of sp³-hybridized carbons (Fsp3) is 0.261. The van der Waals surface area contributed by atoms with E-state index in [1.165, 1.54) is 0 Å². The number of nitrogens with zero attached hydrogens (tertiary/aromatic N) is 2. The average Bonchev–Trinajstić information content (AvgIpc) is 3.14. The average molecular weight is 531 g/mol. The lowest BCUT2D eigenvalue weighted by molar-refractivity contribution is -0.145. The number of nitriles is 1. The van der Waals surface area contributed by atoms with E-state index in [0.29, 0.717) is 36.1 Å². The number of fused-ring (bicyclic) bond motifs is 1. The van der Waals surface area contributed by atoms with Gasteiger partial charge in [0.25, 0.3) is 0 Å². The molecule has 1 heterocycles. The van der Waals surface area contributed by atoms with Gasteiger partial charge >= 0.3 is 5.97 Å². The number of hydrogen-bond donors (Lipinski definition) is 1. The van der Waals surface area contributed by atoms with E-state index in [-0.39, 0.29) is 6.61 Å². The number of aryl methyl sites for hydroxylation is 1. The van der Waals surface area contributed by atoms with Gasteiger partial charge in [0.2, 0.25) is 0 Å². The van der Waals surface area contributed by atoms with Gasteiger partial charge in [-0.1, -0.05) is 6.07 Å². The van der Waals surface area contributed by atoms with Crippen LogP contribution < -0.4 is 9.47 Å². The lowest BCUT2D eigenvalue weighted by Crippen LogP contribution is -2.15. The molecule has 8 heteroatoms. The topological polar surface area (TPSA) is 97.2 Å². The van der Waals surface area contributed by atoms with Crippen LogP contribution in [0.3, 0.4) is 0 Å². The molecule has 0 spiro atoms. The number of benzene rings is 2. The molecule has 0 saturated heterocycles. The molecule has 1 aromatic heterocycles. The fourth-order valence-electron chi connectivity index (χ4n) is 2.98. The van der Waals surface area contributed by atoms with E-state index in [1.54, 1.807) is 19.1 Å². The molecule has 0 unspecified atom stereocenters. The third-order valence-corrected chi connectivity index (χ3v) is 5.10.